The summed E-state index contributed by atoms with van der Waals surface area (Å²) in [5.74, 6) is -0.0247. The second kappa shape index (κ2) is 5.59. The van der Waals surface area contributed by atoms with Gasteiger partial charge in [-0.3, -0.25) is 0 Å². The van der Waals surface area contributed by atoms with E-state index >= 15 is 0 Å². The molecule has 0 bridgehead atoms. The van der Waals surface area contributed by atoms with Crippen LogP contribution in [0.25, 0.3) is 0 Å². The lowest BCUT2D eigenvalue weighted by atomic mass is 10.2. The van der Waals surface area contributed by atoms with E-state index in [9.17, 15) is 4.79 Å². The minimum Gasteiger partial charge on any atom is -0.402 e. The zero-order valence-electron chi connectivity index (χ0n) is 12.5. The largest absolute Gasteiger partial charge is 0.402 e. The van der Waals surface area contributed by atoms with Crippen LogP contribution in [0.5, 0.6) is 0 Å². The van der Waals surface area contributed by atoms with Crippen molar-refractivity contribution in [2.45, 2.75) is 11.8 Å². The molecule has 4 nitrogen and oxygen atoms in total. The predicted molar refractivity (Wildman–Crippen MR) is 91.4 cm³/mol. The van der Waals surface area contributed by atoms with Gasteiger partial charge >= 0.3 is 5.97 Å². The fraction of sp³-hybridized carbons (Fsp3) is 0.111. The van der Waals surface area contributed by atoms with E-state index in [1.807, 2.05) is 42.5 Å². The maximum atomic E-state index is 12.3. The summed E-state index contributed by atoms with van der Waals surface area (Å²) in [5.41, 5.74) is 2.30. The summed E-state index contributed by atoms with van der Waals surface area (Å²) in [6, 6.07) is 17.6. The zero-order valence-corrected chi connectivity index (χ0v) is 13.3. The van der Waals surface area contributed by atoms with Crippen LogP contribution in [-0.2, 0) is 9.53 Å². The number of aliphatic imine (C=N–C) groups is 1. The third kappa shape index (κ3) is 2.33. The number of anilines is 1. The van der Waals surface area contributed by atoms with Gasteiger partial charge in [0.05, 0.1) is 5.69 Å². The van der Waals surface area contributed by atoms with Gasteiger partial charge in [0.2, 0.25) is 5.90 Å². The highest BCUT2D eigenvalue weighted by Crippen LogP contribution is 2.47. The van der Waals surface area contributed by atoms with E-state index in [1.165, 1.54) is 0 Å². The van der Waals surface area contributed by atoms with Crippen molar-refractivity contribution in [1.29, 1.82) is 0 Å². The third-order valence-electron chi connectivity index (χ3n) is 3.74. The smallest absolute Gasteiger partial charge is 0.366 e. The Kier molecular flexibility index (Phi) is 3.42. The molecule has 5 heteroatoms. The highest BCUT2D eigenvalue weighted by Gasteiger charge is 2.34. The highest BCUT2D eigenvalue weighted by molar-refractivity contribution is 8.03. The third-order valence-corrected chi connectivity index (χ3v) is 4.92. The molecule has 0 radical (unpaired) electrons. The molecule has 0 aromatic heterocycles. The Morgan fingerprint density at radius 3 is 2.61 bits per heavy atom. The Balaban J connectivity index is 1.79. The molecule has 0 N–H and O–H groups in total. The molecule has 4 rings (SSSR count). The Labute approximate surface area is 138 Å². The quantitative estimate of drug-likeness (QED) is 0.623. The molecule has 0 fully saturated rings. The Morgan fingerprint density at radius 2 is 1.83 bits per heavy atom. The first-order chi connectivity index (χ1) is 11.3. The molecule has 2 aromatic carbocycles. The number of fused-ring (bicyclic) bond motifs is 1. The molecular weight excluding hydrogens is 308 g/mol. The van der Waals surface area contributed by atoms with Crippen molar-refractivity contribution in [3.63, 3.8) is 0 Å². The molecule has 23 heavy (non-hydrogen) atoms. The molecule has 0 saturated heterocycles. The second-order valence-electron chi connectivity index (χ2n) is 5.14. The van der Waals surface area contributed by atoms with Crippen LogP contribution >= 0.6 is 11.8 Å². The van der Waals surface area contributed by atoms with Crippen LogP contribution in [0, 0.1) is 0 Å². The van der Waals surface area contributed by atoms with Crippen LogP contribution in [0.3, 0.4) is 0 Å². The van der Waals surface area contributed by atoms with Crippen molar-refractivity contribution >= 4 is 29.3 Å². The van der Waals surface area contributed by atoms with Gasteiger partial charge in [-0.2, -0.15) is 0 Å². The number of thioether (sulfide) groups is 1. The molecule has 2 aliphatic heterocycles. The molecule has 2 aliphatic rings. The van der Waals surface area contributed by atoms with Crippen LogP contribution < -0.4 is 4.90 Å². The molecule has 0 saturated carbocycles. The van der Waals surface area contributed by atoms with E-state index in [0.717, 1.165) is 27.7 Å². The number of ether oxygens (including phenoxy) is 1. The number of hydrogen-bond donors (Lipinski definition) is 0. The number of esters is 1. The summed E-state index contributed by atoms with van der Waals surface area (Å²) in [4.78, 5) is 20.0. The van der Waals surface area contributed by atoms with Gasteiger partial charge in [0, 0.05) is 17.0 Å². The molecule has 0 aliphatic carbocycles. The van der Waals surface area contributed by atoms with Gasteiger partial charge in [0.15, 0.2) is 5.70 Å². The number of rotatable bonds is 2. The fourth-order valence-corrected chi connectivity index (χ4v) is 3.87. The summed E-state index contributed by atoms with van der Waals surface area (Å²) in [6.45, 7) is 2.83. The van der Waals surface area contributed by atoms with Crippen molar-refractivity contribution in [2.24, 2.45) is 4.99 Å². The number of nitrogens with zero attached hydrogens (tertiary/aromatic N) is 2. The van der Waals surface area contributed by atoms with Crippen LogP contribution in [0.2, 0.25) is 0 Å². The van der Waals surface area contributed by atoms with E-state index in [4.69, 9.17) is 4.74 Å². The monoisotopic (exact) mass is 322 g/mol. The highest BCUT2D eigenvalue weighted by atomic mass is 32.2. The Hall–Kier alpha value is -2.53. The van der Waals surface area contributed by atoms with Crippen molar-refractivity contribution in [3.05, 3.63) is 70.9 Å². The summed E-state index contributed by atoms with van der Waals surface area (Å²) < 4.78 is 5.38. The minimum absolute atomic E-state index is 0.366. The SMILES string of the molecule is CCN1C(=C2N=C(c3ccccc3)OC2=O)Sc2ccccc21. The van der Waals surface area contributed by atoms with Crippen LogP contribution in [0.1, 0.15) is 12.5 Å². The maximum absolute atomic E-state index is 12.3. The maximum Gasteiger partial charge on any atom is 0.366 e. The van der Waals surface area contributed by atoms with Gasteiger partial charge in [-0.05, 0) is 31.2 Å². The predicted octanol–water partition coefficient (Wildman–Crippen LogP) is 3.79. The minimum atomic E-state index is -0.391. The summed E-state index contributed by atoms with van der Waals surface area (Å²) in [7, 11) is 0. The van der Waals surface area contributed by atoms with E-state index in [1.54, 1.807) is 11.8 Å². The summed E-state index contributed by atoms with van der Waals surface area (Å²) in [5, 5.41) is 0.838. The van der Waals surface area contributed by atoms with E-state index < -0.39 is 5.97 Å². The van der Waals surface area contributed by atoms with Crippen LogP contribution in [-0.4, -0.2) is 18.4 Å². The number of hydrogen-bond acceptors (Lipinski definition) is 5. The number of benzene rings is 2. The van der Waals surface area contributed by atoms with Gasteiger partial charge in [-0.15, -0.1) is 0 Å². The van der Waals surface area contributed by atoms with Gasteiger partial charge in [-0.1, -0.05) is 42.1 Å². The van der Waals surface area contributed by atoms with Gasteiger partial charge in [0.1, 0.15) is 5.03 Å². The first-order valence-corrected chi connectivity index (χ1v) is 8.24. The number of para-hydroxylation sites is 1. The first kappa shape index (κ1) is 14.1. The van der Waals surface area contributed by atoms with Crippen LogP contribution in [0.4, 0.5) is 5.69 Å². The molecular formula is C18H14N2O2S. The first-order valence-electron chi connectivity index (χ1n) is 7.43. The average Bonchev–Trinajstić information content (AvgIpc) is 3.15. The van der Waals surface area contributed by atoms with Crippen molar-refractivity contribution in [3.8, 4) is 0 Å². The van der Waals surface area contributed by atoms with E-state index in [2.05, 4.69) is 28.9 Å². The molecule has 114 valence electrons. The lowest BCUT2D eigenvalue weighted by Gasteiger charge is -2.17. The number of cyclic esters (lactones) is 1. The topological polar surface area (TPSA) is 41.9 Å². The van der Waals surface area contributed by atoms with Crippen LogP contribution in [0.15, 0.2) is 75.2 Å². The fourth-order valence-electron chi connectivity index (χ4n) is 2.67. The molecule has 2 aromatic rings. The van der Waals surface area contributed by atoms with Crippen molar-refractivity contribution in [1.82, 2.24) is 0 Å². The molecule has 0 atom stereocenters. The summed E-state index contributed by atoms with van der Waals surface area (Å²) in [6.07, 6.45) is 0. The molecule has 0 amide bonds. The molecule has 2 heterocycles. The number of carbonyl (C=O) groups is 1. The Bertz CT molecular complexity index is 843. The van der Waals surface area contributed by atoms with E-state index in [0.29, 0.717) is 11.6 Å². The molecule has 0 unspecified atom stereocenters. The molecule has 0 spiro atoms. The van der Waals surface area contributed by atoms with Gasteiger partial charge in [0.25, 0.3) is 0 Å². The normalized spacial score (nSPS) is 19.6. The summed E-state index contributed by atoms with van der Waals surface area (Å²) >= 11 is 1.56. The number of carbonyl (C=O) groups excluding carboxylic acids is 1. The lowest BCUT2D eigenvalue weighted by molar-refractivity contribution is -0.130. The van der Waals surface area contributed by atoms with Gasteiger partial charge < -0.3 is 9.64 Å². The standard InChI is InChI=1S/C18H14N2O2S/c1-2-20-13-10-6-7-11-14(13)23-17(20)15-18(21)22-16(19-15)12-8-4-3-5-9-12/h3-11H,2H2,1H3. The Morgan fingerprint density at radius 1 is 1.09 bits per heavy atom. The van der Waals surface area contributed by atoms with Crippen molar-refractivity contribution in [2.75, 3.05) is 11.4 Å². The lowest BCUT2D eigenvalue weighted by Crippen LogP contribution is -2.19. The second-order valence-corrected chi connectivity index (χ2v) is 6.17. The van der Waals surface area contributed by atoms with Gasteiger partial charge in [-0.25, -0.2) is 9.79 Å². The zero-order chi connectivity index (χ0) is 15.8. The van der Waals surface area contributed by atoms with E-state index in [-0.39, 0.29) is 0 Å². The van der Waals surface area contributed by atoms with Crippen molar-refractivity contribution < 1.29 is 9.53 Å². The average molecular weight is 322 g/mol.